The summed E-state index contributed by atoms with van der Waals surface area (Å²) in [5.41, 5.74) is 6.10. The molecule has 1 heteroatoms. The van der Waals surface area contributed by atoms with Crippen molar-refractivity contribution in [1.29, 1.82) is 0 Å². The predicted molar refractivity (Wildman–Crippen MR) is 82.9 cm³/mol. The number of nitrogens with one attached hydrogen (secondary N) is 1. The molecule has 0 fully saturated rings. The maximum atomic E-state index is 3.92. The second-order valence-corrected chi connectivity index (χ2v) is 6.50. The van der Waals surface area contributed by atoms with Gasteiger partial charge in [0.05, 0.1) is 0 Å². The van der Waals surface area contributed by atoms with E-state index in [4.69, 9.17) is 0 Å². The average molecular weight is 263 g/mol. The summed E-state index contributed by atoms with van der Waals surface area (Å²) < 4.78 is 0. The molecule has 1 aliphatic carbocycles. The molecule has 2 aliphatic heterocycles. The predicted octanol–water partition coefficient (Wildman–Crippen LogP) is 4.04. The van der Waals surface area contributed by atoms with Gasteiger partial charge >= 0.3 is 0 Å². The Kier molecular flexibility index (Phi) is 2.71. The molecule has 0 aromatic heterocycles. The topological polar surface area (TPSA) is 12.0 Å². The first kappa shape index (κ1) is 12.2. The van der Waals surface area contributed by atoms with Crippen LogP contribution in [-0.2, 0) is 6.42 Å². The standard InChI is InChI=1S/C19H21N/c1-12(2)19-18-14-8-4-3-7-13(14)11-17(20-19)15-9-5-6-10-16(15)18/h3-10,12,17-20H,11H2,1-2H3/t17-,18+,19-/m0/s1. The van der Waals surface area contributed by atoms with Crippen LogP contribution in [0, 0.1) is 5.92 Å². The van der Waals surface area contributed by atoms with Crippen molar-refractivity contribution in [1.82, 2.24) is 5.32 Å². The zero-order valence-electron chi connectivity index (χ0n) is 12.1. The van der Waals surface area contributed by atoms with E-state index in [1.807, 2.05) is 0 Å². The first-order valence-electron chi connectivity index (χ1n) is 7.68. The summed E-state index contributed by atoms with van der Waals surface area (Å²) in [4.78, 5) is 0. The summed E-state index contributed by atoms with van der Waals surface area (Å²) in [6.45, 7) is 4.67. The fraction of sp³-hybridized carbons (Fsp3) is 0.368. The highest BCUT2D eigenvalue weighted by molar-refractivity contribution is 5.50. The van der Waals surface area contributed by atoms with Gasteiger partial charge in [-0.1, -0.05) is 62.4 Å². The molecule has 0 unspecified atom stereocenters. The van der Waals surface area contributed by atoms with Crippen molar-refractivity contribution in [2.45, 2.75) is 38.3 Å². The van der Waals surface area contributed by atoms with Crippen LogP contribution in [0.3, 0.4) is 0 Å². The van der Waals surface area contributed by atoms with Crippen LogP contribution in [0.15, 0.2) is 48.5 Å². The lowest BCUT2D eigenvalue weighted by Crippen LogP contribution is -2.44. The maximum Gasteiger partial charge on any atom is 0.0366 e. The average Bonchev–Trinajstić information content (AvgIpc) is 2.72. The Morgan fingerprint density at radius 2 is 1.55 bits per heavy atom. The molecular formula is C19H21N. The molecule has 3 atom stereocenters. The minimum atomic E-state index is 0.471. The molecule has 0 saturated carbocycles. The van der Waals surface area contributed by atoms with Crippen molar-refractivity contribution in [3.8, 4) is 0 Å². The quantitative estimate of drug-likeness (QED) is 0.818. The van der Waals surface area contributed by atoms with Gasteiger partial charge in [-0.25, -0.2) is 0 Å². The Morgan fingerprint density at radius 1 is 0.900 bits per heavy atom. The molecule has 5 rings (SSSR count). The highest BCUT2D eigenvalue weighted by Gasteiger charge is 2.40. The van der Waals surface area contributed by atoms with Gasteiger partial charge in [0.2, 0.25) is 0 Å². The Labute approximate surface area is 121 Å². The minimum absolute atomic E-state index is 0.471. The summed E-state index contributed by atoms with van der Waals surface area (Å²) in [5.74, 6) is 1.14. The monoisotopic (exact) mass is 263 g/mol. The zero-order valence-corrected chi connectivity index (χ0v) is 12.1. The first-order chi connectivity index (χ1) is 9.75. The minimum Gasteiger partial charge on any atom is -0.306 e. The number of rotatable bonds is 1. The number of fused-ring (bicyclic) bond motifs is 1. The lowest BCUT2D eigenvalue weighted by molar-refractivity contribution is 0.315. The lowest BCUT2D eigenvalue weighted by atomic mass is 9.76. The van der Waals surface area contributed by atoms with Crippen LogP contribution < -0.4 is 5.32 Å². The number of hydrogen-bond acceptors (Lipinski definition) is 1. The van der Waals surface area contributed by atoms with Gasteiger partial charge in [0.25, 0.3) is 0 Å². The normalized spacial score (nSPS) is 27.1. The van der Waals surface area contributed by atoms with Crippen LogP contribution in [0.2, 0.25) is 0 Å². The molecule has 102 valence electrons. The third-order valence-electron chi connectivity index (χ3n) is 4.99. The largest absolute Gasteiger partial charge is 0.306 e. The lowest BCUT2D eigenvalue weighted by Gasteiger charge is -2.39. The third-order valence-corrected chi connectivity index (χ3v) is 4.99. The molecule has 20 heavy (non-hydrogen) atoms. The van der Waals surface area contributed by atoms with Crippen LogP contribution >= 0.6 is 0 Å². The van der Waals surface area contributed by atoms with E-state index in [0.717, 1.165) is 6.42 Å². The van der Waals surface area contributed by atoms with E-state index in [1.165, 1.54) is 16.7 Å². The Bertz CT molecular complexity index is 644. The van der Waals surface area contributed by atoms with Gasteiger partial charge in [0, 0.05) is 18.0 Å². The van der Waals surface area contributed by atoms with Crippen LogP contribution in [-0.4, -0.2) is 6.04 Å². The highest BCUT2D eigenvalue weighted by Crippen LogP contribution is 2.45. The summed E-state index contributed by atoms with van der Waals surface area (Å²) in [7, 11) is 0. The van der Waals surface area contributed by atoms with E-state index >= 15 is 0 Å². The second-order valence-electron chi connectivity index (χ2n) is 6.50. The van der Waals surface area contributed by atoms with E-state index in [2.05, 4.69) is 67.7 Å². The molecule has 2 heterocycles. The SMILES string of the molecule is CC(C)[C@@H]1N[C@H]2Cc3ccccc3[C@@H]1c1ccccc12. The summed E-state index contributed by atoms with van der Waals surface area (Å²) in [5, 5.41) is 3.92. The van der Waals surface area contributed by atoms with Crippen molar-refractivity contribution < 1.29 is 0 Å². The molecular weight excluding hydrogens is 242 g/mol. The molecule has 0 spiro atoms. The number of hydrogen-bond donors (Lipinski definition) is 1. The van der Waals surface area contributed by atoms with Gasteiger partial charge in [-0.05, 0) is 34.6 Å². The molecule has 3 aliphatic rings. The molecule has 2 aromatic rings. The molecule has 0 radical (unpaired) electrons. The van der Waals surface area contributed by atoms with Crippen molar-refractivity contribution in [2.24, 2.45) is 5.92 Å². The second kappa shape index (κ2) is 4.46. The number of benzene rings is 2. The van der Waals surface area contributed by atoms with Crippen LogP contribution in [0.1, 0.15) is 48.1 Å². The molecule has 2 bridgehead atoms. The van der Waals surface area contributed by atoms with E-state index in [-0.39, 0.29) is 0 Å². The Hall–Kier alpha value is -1.60. The molecule has 1 nitrogen and oxygen atoms in total. The summed E-state index contributed by atoms with van der Waals surface area (Å²) in [6.07, 6.45) is 1.12. The summed E-state index contributed by atoms with van der Waals surface area (Å²) in [6, 6.07) is 19.0. The molecule has 0 amide bonds. The van der Waals surface area contributed by atoms with E-state index < -0.39 is 0 Å². The fourth-order valence-electron chi connectivity index (χ4n) is 4.07. The van der Waals surface area contributed by atoms with Gasteiger partial charge in [-0.15, -0.1) is 0 Å². The molecule has 2 aromatic carbocycles. The third kappa shape index (κ3) is 1.66. The van der Waals surface area contributed by atoms with Crippen LogP contribution in [0.25, 0.3) is 0 Å². The van der Waals surface area contributed by atoms with Crippen LogP contribution in [0.5, 0.6) is 0 Å². The van der Waals surface area contributed by atoms with Crippen molar-refractivity contribution in [2.75, 3.05) is 0 Å². The van der Waals surface area contributed by atoms with E-state index in [0.29, 0.717) is 23.9 Å². The summed E-state index contributed by atoms with van der Waals surface area (Å²) >= 11 is 0. The maximum absolute atomic E-state index is 3.92. The van der Waals surface area contributed by atoms with Gasteiger partial charge in [-0.3, -0.25) is 0 Å². The van der Waals surface area contributed by atoms with Crippen molar-refractivity contribution >= 4 is 0 Å². The van der Waals surface area contributed by atoms with Gasteiger partial charge in [0.1, 0.15) is 0 Å². The first-order valence-corrected chi connectivity index (χ1v) is 7.68. The van der Waals surface area contributed by atoms with Crippen molar-refractivity contribution in [3.63, 3.8) is 0 Å². The highest BCUT2D eigenvalue weighted by atomic mass is 15.0. The molecule has 0 saturated heterocycles. The van der Waals surface area contributed by atoms with E-state index in [9.17, 15) is 0 Å². The Morgan fingerprint density at radius 3 is 2.30 bits per heavy atom. The van der Waals surface area contributed by atoms with Crippen molar-refractivity contribution in [3.05, 3.63) is 70.8 Å². The van der Waals surface area contributed by atoms with Crippen LogP contribution in [0.4, 0.5) is 0 Å². The van der Waals surface area contributed by atoms with E-state index in [1.54, 1.807) is 5.56 Å². The van der Waals surface area contributed by atoms with Gasteiger partial charge < -0.3 is 5.32 Å². The van der Waals surface area contributed by atoms with Gasteiger partial charge in [-0.2, -0.15) is 0 Å². The smallest absolute Gasteiger partial charge is 0.0366 e. The molecule has 1 N–H and O–H groups in total. The zero-order chi connectivity index (χ0) is 13.7. The Balaban J connectivity index is 1.98. The van der Waals surface area contributed by atoms with Gasteiger partial charge in [0.15, 0.2) is 0 Å². The fourth-order valence-corrected chi connectivity index (χ4v) is 4.07.